The van der Waals surface area contributed by atoms with Crippen molar-refractivity contribution in [2.45, 2.75) is 90.0 Å². The van der Waals surface area contributed by atoms with Crippen LogP contribution in [0.1, 0.15) is 61.3 Å². The standard InChI is InChI=1S/C18H38BN3O5S/c1-15(2,23)12-21-28(24,25)22-11-14(18(7,20)13-22)9-8-10-19-26-16(3,4)17(5,6)27-19/h14,21,23H,8-13,20H2,1-7H3/t14-,18-/m0/s1. The van der Waals surface area contributed by atoms with E-state index in [2.05, 4.69) is 4.72 Å². The monoisotopic (exact) mass is 419 g/mol. The minimum absolute atomic E-state index is 0.0419. The summed E-state index contributed by atoms with van der Waals surface area (Å²) in [6.07, 6.45) is 2.40. The van der Waals surface area contributed by atoms with Gasteiger partial charge in [0.25, 0.3) is 10.2 Å². The summed E-state index contributed by atoms with van der Waals surface area (Å²) in [6.45, 7) is 13.7. The molecule has 0 aromatic carbocycles. The van der Waals surface area contributed by atoms with E-state index in [4.69, 9.17) is 15.0 Å². The molecule has 0 amide bonds. The first-order valence-electron chi connectivity index (χ1n) is 10.1. The predicted molar refractivity (Wildman–Crippen MR) is 111 cm³/mol. The number of nitrogens with zero attached hydrogens (tertiary/aromatic N) is 1. The lowest BCUT2D eigenvalue weighted by Crippen LogP contribution is -2.48. The summed E-state index contributed by atoms with van der Waals surface area (Å²) in [5.41, 5.74) is 4.03. The molecule has 2 heterocycles. The van der Waals surface area contributed by atoms with Crippen molar-refractivity contribution in [1.82, 2.24) is 9.03 Å². The van der Waals surface area contributed by atoms with Crippen LogP contribution in [0.25, 0.3) is 0 Å². The van der Waals surface area contributed by atoms with Gasteiger partial charge in [-0.25, -0.2) is 0 Å². The molecule has 2 fully saturated rings. The van der Waals surface area contributed by atoms with E-state index in [1.54, 1.807) is 13.8 Å². The van der Waals surface area contributed by atoms with Crippen LogP contribution in [0.3, 0.4) is 0 Å². The van der Waals surface area contributed by atoms with E-state index in [0.29, 0.717) is 6.54 Å². The van der Waals surface area contributed by atoms with E-state index < -0.39 is 21.3 Å². The second-order valence-corrected chi connectivity index (χ2v) is 12.0. The molecule has 0 radical (unpaired) electrons. The Hall–Kier alpha value is -0.225. The average molecular weight is 419 g/mol. The fourth-order valence-corrected chi connectivity index (χ4v) is 5.15. The van der Waals surface area contributed by atoms with Crippen LogP contribution in [0.2, 0.25) is 6.32 Å². The third-order valence-corrected chi connectivity index (χ3v) is 7.66. The molecular weight excluding hydrogens is 381 g/mol. The first kappa shape index (κ1) is 24.0. The molecule has 2 aliphatic rings. The summed E-state index contributed by atoms with van der Waals surface area (Å²) in [6, 6.07) is 0. The van der Waals surface area contributed by atoms with Crippen molar-refractivity contribution in [3.63, 3.8) is 0 Å². The Morgan fingerprint density at radius 3 is 2.25 bits per heavy atom. The molecule has 28 heavy (non-hydrogen) atoms. The van der Waals surface area contributed by atoms with Gasteiger partial charge in [-0.1, -0.05) is 6.42 Å². The molecule has 8 nitrogen and oxygen atoms in total. The molecule has 0 aliphatic carbocycles. The summed E-state index contributed by atoms with van der Waals surface area (Å²) in [4.78, 5) is 0. The van der Waals surface area contributed by atoms with Gasteiger partial charge in [0.15, 0.2) is 0 Å². The third-order valence-electron chi connectivity index (χ3n) is 6.20. The van der Waals surface area contributed by atoms with Crippen LogP contribution >= 0.6 is 0 Å². The van der Waals surface area contributed by atoms with Crippen molar-refractivity contribution in [2.75, 3.05) is 19.6 Å². The van der Waals surface area contributed by atoms with Crippen molar-refractivity contribution in [2.24, 2.45) is 11.7 Å². The van der Waals surface area contributed by atoms with Crippen molar-refractivity contribution < 1.29 is 22.8 Å². The van der Waals surface area contributed by atoms with Crippen LogP contribution in [0.5, 0.6) is 0 Å². The van der Waals surface area contributed by atoms with E-state index in [1.165, 1.54) is 4.31 Å². The van der Waals surface area contributed by atoms with Gasteiger partial charge in [-0.15, -0.1) is 0 Å². The number of nitrogens with one attached hydrogen (secondary N) is 1. The Morgan fingerprint density at radius 2 is 1.75 bits per heavy atom. The highest BCUT2D eigenvalue weighted by molar-refractivity contribution is 7.87. The Labute approximate surface area is 170 Å². The van der Waals surface area contributed by atoms with Crippen molar-refractivity contribution in [3.8, 4) is 0 Å². The van der Waals surface area contributed by atoms with Crippen LogP contribution in [-0.2, 0) is 19.5 Å². The number of hydrogen-bond donors (Lipinski definition) is 3. The molecule has 0 unspecified atom stereocenters. The van der Waals surface area contributed by atoms with Crippen LogP contribution in [0.4, 0.5) is 0 Å². The summed E-state index contributed by atoms with van der Waals surface area (Å²) >= 11 is 0. The fraction of sp³-hybridized carbons (Fsp3) is 1.00. The summed E-state index contributed by atoms with van der Waals surface area (Å²) in [7, 11) is -3.92. The van der Waals surface area contributed by atoms with Gasteiger partial charge in [-0.2, -0.15) is 17.4 Å². The Balaban J connectivity index is 1.88. The first-order chi connectivity index (χ1) is 12.5. The Bertz CT molecular complexity index is 645. The molecule has 2 saturated heterocycles. The summed E-state index contributed by atoms with van der Waals surface area (Å²) in [5, 5.41) is 9.78. The third kappa shape index (κ3) is 5.68. The molecule has 0 spiro atoms. The zero-order chi connectivity index (χ0) is 21.6. The van der Waals surface area contributed by atoms with E-state index >= 15 is 0 Å². The van der Waals surface area contributed by atoms with Crippen LogP contribution in [0, 0.1) is 5.92 Å². The molecular formula is C18H38BN3O5S. The normalized spacial score (nSPS) is 30.9. The summed E-state index contributed by atoms with van der Waals surface area (Å²) in [5.74, 6) is 0.0497. The fourth-order valence-electron chi connectivity index (χ4n) is 3.61. The molecule has 10 heteroatoms. The lowest BCUT2D eigenvalue weighted by molar-refractivity contribution is 0.00578. The predicted octanol–water partition coefficient (Wildman–Crippen LogP) is 1.11. The van der Waals surface area contributed by atoms with Crippen LogP contribution in [-0.4, -0.2) is 66.9 Å². The Kier molecular flexibility index (Phi) is 6.69. The topological polar surface area (TPSA) is 114 Å². The second kappa shape index (κ2) is 7.79. The van der Waals surface area contributed by atoms with Gasteiger partial charge in [0.1, 0.15) is 0 Å². The van der Waals surface area contributed by atoms with Gasteiger partial charge in [-0.05, 0) is 67.1 Å². The van der Waals surface area contributed by atoms with Gasteiger partial charge in [0.05, 0.1) is 16.8 Å². The minimum Gasteiger partial charge on any atom is -0.403 e. The van der Waals surface area contributed by atoms with E-state index in [9.17, 15) is 13.5 Å². The quantitative estimate of drug-likeness (QED) is 0.508. The van der Waals surface area contributed by atoms with Gasteiger partial charge < -0.3 is 20.1 Å². The number of rotatable bonds is 8. The highest BCUT2D eigenvalue weighted by Gasteiger charge is 2.51. The number of hydrogen-bond acceptors (Lipinski definition) is 6. The first-order valence-corrected chi connectivity index (χ1v) is 11.5. The van der Waals surface area contributed by atoms with Crippen LogP contribution in [0.15, 0.2) is 0 Å². The zero-order valence-corrected chi connectivity index (χ0v) is 19.2. The largest absolute Gasteiger partial charge is 0.457 e. The van der Waals surface area contributed by atoms with Crippen molar-refractivity contribution >= 4 is 17.3 Å². The maximum atomic E-state index is 12.5. The lowest BCUT2D eigenvalue weighted by atomic mass is 9.78. The summed E-state index contributed by atoms with van der Waals surface area (Å²) < 4.78 is 41.0. The van der Waals surface area contributed by atoms with Gasteiger partial charge in [-0.3, -0.25) is 0 Å². The van der Waals surface area contributed by atoms with Gasteiger partial charge in [0, 0.05) is 25.2 Å². The average Bonchev–Trinajstić information content (AvgIpc) is 2.89. The highest BCUT2D eigenvalue weighted by Crippen LogP contribution is 2.39. The Morgan fingerprint density at radius 1 is 1.21 bits per heavy atom. The van der Waals surface area contributed by atoms with E-state index in [-0.39, 0.29) is 37.3 Å². The van der Waals surface area contributed by atoms with E-state index in [1.807, 2.05) is 34.6 Å². The van der Waals surface area contributed by atoms with Gasteiger partial charge in [0.2, 0.25) is 0 Å². The molecule has 0 aromatic heterocycles. The molecule has 2 atom stereocenters. The minimum atomic E-state index is -3.67. The molecule has 0 aromatic rings. The maximum absolute atomic E-state index is 12.5. The molecule has 0 saturated carbocycles. The smallest absolute Gasteiger partial charge is 0.403 e. The lowest BCUT2D eigenvalue weighted by Gasteiger charge is -2.32. The molecule has 4 N–H and O–H groups in total. The number of aliphatic hydroxyl groups is 1. The van der Waals surface area contributed by atoms with Crippen LogP contribution < -0.4 is 10.5 Å². The maximum Gasteiger partial charge on any atom is 0.457 e. The molecule has 2 rings (SSSR count). The molecule has 2 aliphatic heterocycles. The van der Waals surface area contributed by atoms with Crippen molar-refractivity contribution in [1.29, 1.82) is 0 Å². The second-order valence-electron chi connectivity index (χ2n) is 10.3. The van der Waals surface area contributed by atoms with E-state index in [0.717, 1.165) is 19.2 Å². The SMILES string of the molecule is CC(C)(O)CNS(=O)(=O)N1C[C@H](CCCB2OC(C)(C)C(C)(C)O2)[C@@](C)(N)C1. The van der Waals surface area contributed by atoms with Crippen molar-refractivity contribution in [3.05, 3.63) is 0 Å². The van der Waals surface area contributed by atoms with Gasteiger partial charge >= 0.3 is 7.12 Å². The molecule has 164 valence electrons. The highest BCUT2D eigenvalue weighted by atomic mass is 32.2. The number of nitrogens with two attached hydrogens (primary N) is 1. The zero-order valence-electron chi connectivity index (χ0n) is 18.4. The molecule has 0 bridgehead atoms.